The zero-order valence-electron chi connectivity index (χ0n) is 12.5. The highest BCUT2D eigenvalue weighted by molar-refractivity contribution is 5.97. The molecule has 22 heavy (non-hydrogen) atoms. The minimum Gasteiger partial charge on any atom is -0.458 e. The molecule has 0 bridgehead atoms. The molecule has 4 aliphatic rings. The fraction of sp³-hybridized carbons (Fsp3) is 0.529. The maximum Gasteiger partial charge on any atom is 0.336 e. The van der Waals surface area contributed by atoms with Crippen molar-refractivity contribution in [1.82, 2.24) is 5.32 Å². The summed E-state index contributed by atoms with van der Waals surface area (Å²) in [6.45, 7) is 1.69. The van der Waals surface area contributed by atoms with Crippen molar-refractivity contribution in [1.29, 1.82) is 0 Å². The molecule has 116 valence electrons. The Morgan fingerprint density at radius 3 is 3.05 bits per heavy atom. The third kappa shape index (κ3) is 2.07. The molecule has 0 aromatic heterocycles. The van der Waals surface area contributed by atoms with Gasteiger partial charge < -0.3 is 14.8 Å². The van der Waals surface area contributed by atoms with Gasteiger partial charge in [0.25, 0.3) is 12.2 Å². The molecule has 5 nitrogen and oxygen atoms in total. The molecule has 2 fully saturated rings. The van der Waals surface area contributed by atoms with E-state index in [0.29, 0.717) is 17.1 Å². The summed E-state index contributed by atoms with van der Waals surface area (Å²) in [6.07, 6.45) is 9.27. The minimum atomic E-state index is -0.713. The smallest absolute Gasteiger partial charge is 0.336 e. The third-order valence-electron chi connectivity index (χ3n) is 5.12. The maximum absolute atomic E-state index is 12.2. The lowest BCUT2D eigenvalue weighted by atomic mass is 9.89. The zero-order valence-corrected chi connectivity index (χ0v) is 12.5. The Morgan fingerprint density at radius 1 is 1.41 bits per heavy atom. The first-order valence-corrected chi connectivity index (χ1v) is 7.89. The van der Waals surface area contributed by atoms with Crippen molar-refractivity contribution in [3.8, 4) is 0 Å². The van der Waals surface area contributed by atoms with E-state index in [-0.39, 0.29) is 23.8 Å². The highest BCUT2D eigenvalue weighted by atomic mass is 16.7. The van der Waals surface area contributed by atoms with Gasteiger partial charge in [0.2, 0.25) is 0 Å². The number of carbonyl (C=O) groups is 2. The van der Waals surface area contributed by atoms with Crippen molar-refractivity contribution in [3.63, 3.8) is 0 Å². The molecule has 4 rings (SSSR count). The van der Waals surface area contributed by atoms with Crippen LogP contribution in [0.25, 0.3) is 0 Å². The molecule has 0 unspecified atom stereocenters. The van der Waals surface area contributed by atoms with E-state index in [1.54, 1.807) is 13.0 Å². The third-order valence-corrected chi connectivity index (χ3v) is 5.12. The number of cyclic esters (lactones) is 1. The zero-order chi connectivity index (χ0) is 15.3. The molecule has 1 N–H and O–H groups in total. The van der Waals surface area contributed by atoms with E-state index in [1.165, 1.54) is 24.7 Å². The summed E-state index contributed by atoms with van der Waals surface area (Å²) < 4.78 is 10.5. The standard InChI is InChI=1S/C17H19NO4/c1-9-6-14(22-17(9)20)21-8-13-12-7-10-4-2-3-5-11(10)15(12)18-16(13)19/h5-6,8,10,12,14-15H,2-4,7H2,1H3,(H,18,19)/t10-,12+,14+,15+/m0/s1. The van der Waals surface area contributed by atoms with E-state index in [0.717, 1.165) is 12.8 Å². The van der Waals surface area contributed by atoms with Crippen LogP contribution in [0.3, 0.4) is 0 Å². The van der Waals surface area contributed by atoms with Crippen LogP contribution >= 0.6 is 0 Å². The van der Waals surface area contributed by atoms with Crippen molar-refractivity contribution in [2.75, 3.05) is 0 Å². The van der Waals surface area contributed by atoms with Crippen LogP contribution in [0.2, 0.25) is 0 Å². The molecule has 1 saturated heterocycles. The van der Waals surface area contributed by atoms with Crippen LogP contribution in [0.4, 0.5) is 0 Å². The largest absolute Gasteiger partial charge is 0.458 e. The predicted octanol–water partition coefficient (Wildman–Crippen LogP) is 1.96. The fourth-order valence-electron chi connectivity index (χ4n) is 4.01. The molecule has 2 aliphatic carbocycles. The van der Waals surface area contributed by atoms with E-state index >= 15 is 0 Å². The number of ether oxygens (including phenoxy) is 2. The second kappa shape index (κ2) is 5.00. The SMILES string of the molecule is CC1=C[C@H](OC=C2C(=O)N[C@@H]3C4=CCCC[C@H]4C[C@H]23)OC1=O. The number of nitrogens with one attached hydrogen (secondary N) is 1. The number of rotatable bonds is 2. The minimum absolute atomic E-state index is 0.0649. The number of amides is 1. The van der Waals surface area contributed by atoms with Gasteiger partial charge in [-0.3, -0.25) is 4.79 Å². The van der Waals surface area contributed by atoms with Gasteiger partial charge in [0, 0.05) is 17.6 Å². The topological polar surface area (TPSA) is 64.6 Å². The van der Waals surface area contributed by atoms with Gasteiger partial charge in [-0.25, -0.2) is 4.79 Å². The molecule has 1 saturated carbocycles. The summed E-state index contributed by atoms with van der Waals surface area (Å²) in [4.78, 5) is 23.5. The number of fused-ring (bicyclic) bond motifs is 3. The van der Waals surface area contributed by atoms with E-state index in [2.05, 4.69) is 11.4 Å². The second-order valence-electron chi connectivity index (χ2n) is 6.46. The van der Waals surface area contributed by atoms with E-state index < -0.39 is 6.29 Å². The molecule has 0 spiro atoms. The molecule has 0 aromatic rings. The second-order valence-corrected chi connectivity index (χ2v) is 6.46. The van der Waals surface area contributed by atoms with Gasteiger partial charge in [0.1, 0.15) is 0 Å². The van der Waals surface area contributed by atoms with Crippen molar-refractivity contribution in [3.05, 3.63) is 35.1 Å². The van der Waals surface area contributed by atoms with Crippen LogP contribution in [0.1, 0.15) is 32.6 Å². The van der Waals surface area contributed by atoms with Gasteiger partial charge in [0.05, 0.1) is 17.9 Å². The van der Waals surface area contributed by atoms with E-state index in [4.69, 9.17) is 9.47 Å². The van der Waals surface area contributed by atoms with Crippen LogP contribution in [0.5, 0.6) is 0 Å². The molecular formula is C17H19NO4. The van der Waals surface area contributed by atoms with Gasteiger partial charge in [-0.1, -0.05) is 6.08 Å². The molecule has 1 amide bonds. The van der Waals surface area contributed by atoms with E-state index in [1.807, 2.05) is 0 Å². The molecular weight excluding hydrogens is 282 g/mol. The quantitative estimate of drug-likeness (QED) is 0.366. The Kier molecular flexibility index (Phi) is 3.10. The molecule has 0 radical (unpaired) electrons. The molecule has 0 aromatic carbocycles. The summed E-state index contributed by atoms with van der Waals surface area (Å²) in [5.41, 5.74) is 2.61. The molecule has 2 heterocycles. The van der Waals surface area contributed by atoms with Crippen molar-refractivity contribution in [2.24, 2.45) is 11.8 Å². The van der Waals surface area contributed by atoms with Crippen LogP contribution in [-0.4, -0.2) is 24.2 Å². The Balaban J connectivity index is 1.52. The number of allylic oxidation sites excluding steroid dienone is 1. The lowest BCUT2D eigenvalue weighted by Crippen LogP contribution is -2.28. The summed E-state index contributed by atoms with van der Waals surface area (Å²) in [6, 6.07) is 0.135. The first-order valence-electron chi connectivity index (χ1n) is 7.89. The van der Waals surface area contributed by atoms with Gasteiger partial charge in [-0.15, -0.1) is 0 Å². The van der Waals surface area contributed by atoms with Crippen molar-refractivity contribution >= 4 is 11.9 Å². The lowest BCUT2D eigenvalue weighted by Gasteiger charge is -2.20. The van der Waals surface area contributed by atoms with Gasteiger partial charge in [-0.05, 0) is 44.1 Å². The van der Waals surface area contributed by atoms with Crippen LogP contribution in [0.15, 0.2) is 35.1 Å². The predicted molar refractivity (Wildman–Crippen MR) is 78.3 cm³/mol. The Labute approximate surface area is 129 Å². The average molecular weight is 301 g/mol. The average Bonchev–Trinajstić information content (AvgIpc) is 3.10. The molecule has 5 heteroatoms. The Bertz CT molecular complexity index is 631. The van der Waals surface area contributed by atoms with Gasteiger partial charge in [0.15, 0.2) is 0 Å². The Hall–Kier alpha value is -2.04. The van der Waals surface area contributed by atoms with Crippen LogP contribution in [0, 0.1) is 11.8 Å². The maximum atomic E-state index is 12.2. The summed E-state index contributed by atoms with van der Waals surface area (Å²) in [5, 5.41) is 3.08. The molecule has 2 aliphatic heterocycles. The summed E-state index contributed by atoms with van der Waals surface area (Å²) in [7, 11) is 0. The van der Waals surface area contributed by atoms with Crippen molar-refractivity contribution in [2.45, 2.75) is 44.9 Å². The summed E-state index contributed by atoms with van der Waals surface area (Å²) in [5.74, 6) is 0.349. The van der Waals surface area contributed by atoms with Crippen LogP contribution in [-0.2, 0) is 19.1 Å². The fourth-order valence-corrected chi connectivity index (χ4v) is 4.01. The van der Waals surface area contributed by atoms with Gasteiger partial charge in [-0.2, -0.15) is 0 Å². The normalized spacial score (nSPS) is 38.1. The highest BCUT2D eigenvalue weighted by Crippen LogP contribution is 2.47. The first kappa shape index (κ1) is 13.6. The Morgan fingerprint density at radius 2 is 2.27 bits per heavy atom. The number of hydrogen-bond acceptors (Lipinski definition) is 4. The monoisotopic (exact) mass is 301 g/mol. The lowest BCUT2D eigenvalue weighted by molar-refractivity contribution is -0.152. The number of carbonyl (C=O) groups excluding carboxylic acids is 2. The van der Waals surface area contributed by atoms with E-state index in [9.17, 15) is 9.59 Å². The number of hydrogen-bond donors (Lipinski definition) is 1. The van der Waals surface area contributed by atoms with Crippen molar-refractivity contribution < 1.29 is 19.1 Å². The molecule has 4 atom stereocenters. The highest BCUT2D eigenvalue weighted by Gasteiger charge is 2.48. The van der Waals surface area contributed by atoms with Gasteiger partial charge >= 0.3 is 5.97 Å². The summed E-state index contributed by atoms with van der Waals surface area (Å²) >= 11 is 0. The van der Waals surface area contributed by atoms with Crippen LogP contribution < -0.4 is 5.32 Å². The first-order chi connectivity index (χ1) is 10.6. The number of esters is 1.